The Morgan fingerprint density at radius 3 is 1.50 bits per heavy atom. The third kappa shape index (κ3) is 6.31. The summed E-state index contributed by atoms with van der Waals surface area (Å²) in [6, 6.07) is 57.3. The highest BCUT2D eigenvalue weighted by Crippen LogP contribution is 2.53. The zero-order valence-corrected chi connectivity index (χ0v) is 33.7. The van der Waals surface area contributed by atoms with Crippen LogP contribution < -0.4 is 4.90 Å². The van der Waals surface area contributed by atoms with Crippen LogP contribution in [-0.2, 0) is 5.41 Å². The van der Waals surface area contributed by atoms with E-state index in [1.54, 1.807) is 30.3 Å². The lowest BCUT2D eigenvalue weighted by molar-refractivity contribution is 0.376. The molecule has 62 heavy (non-hydrogen) atoms. The molecule has 1 aliphatic carbocycles. The van der Waals surface area contributed by atoms with Gasteiger partial charge in [-0.3, -0.25) is 0 Å². The molecular weight excluding hydrogens is 784 g/mol. The largest absolute Gasteiger partial charge is 0.311 e. The van der Waals surface area contributed by atoms with Crippen LogP contribution in [0, 0.1) is 29.1 Å². The summed E-state index contributed by atoms with van der Waals surface area (Å²) in [7, 11) is 0. The molecule has 9 aromatic rings. The predicted octanol–water partition coefficient (Wildman–Crippen LogP) is 15.6. The van der Waals surface area contributed by atoms with Gasteiger partial charge in [-0.25, -0.2) is 22.0 Å². The summed E-state index contributed by atoms with van der Waals surface area (Å²) in [5.74, 6) is -10.0. The summed E-state index contributed by atoms with van der Waals surface area (Å²) in [5, 5.41) is 0.604. The Balaban J connectivity index is 1.09. The maximum absolute atomic E-state index is 16.1. The van der Waals surface area contributed by atoms with Gasteiger partial charge in [-0.05, 0) is 93.0 Å². The second-order valence-corrected chi connectivity index (χ2v) is 16.0. The molecule has 0 unspecified atom stereocenters. The average Bonchev–Trinajstić information content (AvgIpc) is 3.75. The van der Waals surface area contributed by atoms with Gasteiger partial charge in [0.05, 0.1) is 11.2 Å². The van der Waals surface area contributed by atoms with Crippen LogP contribution >= 0.6 is 0 Å². The number of benzene rings is 8. The first-order chi connectivity index (χ1) is 30.1. The SMILES string of the molecule is CC1(C)c2cc(C=Cc3ccc(N(c4ccccc4)c4ccccc4)cc3)ccc2-c2cc3c(-c4ccccc4)c(-c4ccccc4)n(-c4c(F)c(F)c(F)c(F)c4F)c3cc21. The topological polar surface area (TPSA) is 8.17 Å². The highest BCUT2D eigenvalue weighted by molar-refractivity contribution is 6.08. The fourth-order valence-corrected chi connectivity index (χ4v) is 8.95. The van der Waals surface area contributed by atoms with Crippen molar-refractivity contribution in [2.45, 2.75) is 19.3 Å². The third-order valence-electron chi connectivity index (χ3n) is 12.0. The van der Waals surface area contributed by atoms with Crippen molar-refractivity contribution in [1.29, 1.82) is 0 Å². The lowest BCUT2D eigenvalue weighted by Gasteiger charge is -2.25. The normalized spacial score (nSPS) is 12.8. The maximum Gasteiger partial charge on any atom is 0.200 e. The number of para-hydroxylation sites is 2. The standard InChI is InChI=1S/C55H37F5N2/c1-55(2)44-31-35(24-23-34-25-28-40(29-26-34)61(38-19-11-5-12-20-38)39-21-13-6-14-22-39)27-30-41(44)42-32-43-46(33-45(42)55)62(54-51(59)49(57)48(56)50(58)52(54)60)53(37-17-9-4-10-18-37)47(43)36-15-7-3-8-16-36/h3-33H,1-2H3. The molecule has 302 valence electrons. The Labute approximate surface area is 356 Å². The zero-order chi connectivity index (χ0) is 42.7. The molecule has 0 amide bonds. The van der Waals surface area contributed by atoms with E-state index in [-0.39, 0.29) is 0 Å². The van der Waals surface area contributed by atoms with E-state index in [4.69, 9.17) is 0 Å². The molecule has 0 atom stereocenters. The number of rotatable bonds is 8. The molecule has 0 fully saturated rings. The fraction of sp³-hybridized carbons (Fsp3) is 0.0545. The summed E-state index contributed by atoms with van der Waals surface area (Å²) in [6.07, 6.45) is 4.16. The van der Waals surface area contributed by atoms with Crippen LogP contribution in [0.5, 0.6) is 0 Å². The van der Waals surface area contributed by atoms with Crippen molar-refractivity contribution in [1.82, 2.24) is 4.57 Å². The molecule has 0 radical (unpaired) electrons. The van der Waals surface area contributed by atoms with Crippen molar-refractivity contribution in [3.8, 4) is 39.2 Å². The van der Waals surface area contributed by atoms with Gasteiger partial charge < -0.3 is 9.47 Å². The van der Waals surface area contributed by atoms with Gasteiger partial charge in [0.15, 0.2) is 23.3 Å². The van der Waals surface area contributed by atoms with Crippen molar-refractivity contribution < 1.29 is 22.0 Å². The molecule has 0 spiro atoms. The molecule has 7 heteroatoms. The van der Waals surface area contributed by atoms with Crippen molar-refractivity contribution in [2.75, 3.05) is 4.90 Å². The number of aromatic nitrogens is 1. The Kier molecular flexibility index (Phi) is 9.48. The molecule has 0 saturated heterocycles. The first-order valence-electron chi connectivity index (χ1n) is 20.3. The maximum atomic E-state index is 16.1. The third-order valence-corrected chi connectivity index (χ3v) is 12.0. The molecule has 1 heterocycles. The Morgan fingerprint density at radius 2 is 0.919 bits per heavy atom. The number of nitrogens with zero attached hydrogens (tertiary/aromatic N) is 2. The molecule has 2 nitrogen and oxygen atoms in total. The van der Waals surface area contributed by atoms with Crippen LogP contribution in [0.15, 0.2) is 176 Å². The van der Waals surface area contributed by atoms with Crippen molar-refractivity contribution in [3.63, 3.8) is 0 Å². The highest BCUT2D eigenvalue weighted by Gasteiger charge is 2.38. The monoisotopic (exact) mass is 820 g/mol. The van der Waals surface area contributed by atoms with Gasteiger partial charge in [0.25, 0.3) is 0 Å². The van der Waals surface area contributed by atoms with E-state index in [2.05, 4.69) is 97.6 Å². The Morgan fingerprint density at radius 1 is 0.452 bits per heavy atom. The summed E-state index contributed by atoms with van der Waals surface area (Å²) in [6.45, 7) is 4.17. The zero-order valence-electron chi connectivity index (χ0n) is 33.7. The first-order valence-corrected chi connectivity index (χ1v) is 20.3. The van der Waals surface area contributed by atoms with Crippen LogP contribution in [0.4, 0.5) is 39.0 Å². The van der Waals surface area contributed by atoms with Crippen molar-refractivity contribution >= 4 is 40.1 Å². The van der Waals surface area contributed by atoms with Crippen LogP contribution in [0.3, 0.4) is 0 Å². The van der Waals surface area contributed by atoms with Crippen LogP contribution in [0.1, 0.15) is 36.1 Å². The van der Waals surface area contributed by atoms with Crippen molar-refractivity contribution in [2.24, 2.45) is 0 Å². The van der Waals surface area contributed by atoms with Gasteiger partial charge in [0, 0.05) is 33.4 Å². The lowest BCUT2D eigenvalue weighted by atomic mass is 9.81. The van der Waals surface area contributed by atoms with Gasteiger partial charge >= 0.3 is 0 Å². The minimum Gasteiger partial charge on any atom is -0.311 e. The molecule has 0 N–H and O–H groups in total. The predicted molar refractivity (Wildman–Crippen MR) is 242 cm³/mol. The van der Waals surface area contributed by atoms with Crippen LogP contribution in [-0.4, -0.2) is 4.57 Å². The quantitative estimate of drug-likeness (QED) is 0.0642. The minimum atomic E-state index is -2.21. The first kappa shape index (κ1) is 38.7. The molecule has 1 aromatic heterocycles. The average molecular weight is 821 g/mol. The van der Waals surface area contributed by atoms with E-state index in [0.717, 1.165) is 56.0 Å². The van der Waals surface area contributed by atoms with Gasteiger partial charge in [-0.15, -0.1) is 0 Å². The highest BCUT2D eigenvalue weighted by atomic mass is 19.2. The number of fused-ring (bicyclic) bond motifs is 4. The smallest absolute Gasteiger partial charge is 0.200 e. The summed E-state index contributed by atoms with van der Waals surface area (Å²) >= 11 is 0. The molecule has 0 bridgehead atoms. The van der Waals surface area contributed by atoms with E-state index in [0.29, 0.717) is 27.7 Å². The lowest BCUT2D eigenvalue weighted by Crippen LogP contribution is -2.15. The van der Waals surface area contributed by atoms with Gasteiger partial charge in [-0.1, -0.05) is 153 Å². The molecule has 1 aliphatic rings. The number of anilines is 3. The molecular formula is C55H37F5N2. The number of halogens is 5. The molecule has 0 saturated carbocycles. The second-order valence-electron chi connectivity index (χ2n) is 16.0. The number of hydrogen-bond donors (Lipinski definition) is 0. The summed E-state index contributed by atoms with van der Waals surface area (Å²) in [4.78, 5) is 2.22. The summed E-state index contributed by atoms with van der Waals surface area (Å²) in [5.41, 5.74) is 9.84. The van der Waals surface area contributed by atoms with Gasteiger partial charge in [0.2, 0.25) is 5.82 Å². The van der Waals surface area contributed by atoms with E-state index < -0.39 is 40.2 Å². The fourth-order valence-electron chi connectivity index (χ4n) is 8.95. The minimum absolute atomic E-state index is 0.304. The van der Waals surface area contributed by atoms with Gasteiger partial charge in [0.1, 0.15) is 5.69 Å². The molecule has 0 aliphatic heterocycles. The second kappa shape index (κ2) is 15.2. The number of hydrogen-bond acceptors (Lipinski definition) is 1. The van der Waals surface area contributed by atoms with Gasteiger partial charge in [-0.2, -0.15) is 0 Å². The Bertz CT molecular complexity index is 3110. The van der Waals surface area contributed by atoms with Crippen molar-refractivity contribution in [3.05, 3.63) is 227 Å². The van der Waals surface area contributed by atoms with E-state index in [9.17, 15) is 4.39 Å². The van der Waals surface area contributed by atoms with E-state index in [1.165, 1.54) is 4.57 Å². The molecule has 8 aromatic carbocycles. The Hall–Kier alpha value is -7.51. The van der Waals surface area contributed by atoms with E-state index >= 15 is 17.6 Å². The van der Waals surface area contributed by atoms with Crippen LogP contribution in [0.2, 0.25) is 0 Å². The molecule has 10 rings (SSSR count). The summed E-state index contributed by atoms with van der Waals surface area (Å²) < 4.78 is 78.0. The van der Waals surface area contributed by atoms with Crippen LogP contribution in [0.25, 0.3) is 62.3 Å². The van der Waals surface area contributed by atoms with E-state index in [1.807, 2.05) is 78.9 Å².